The largest absolute Gasteiger partial charge is 0.505 e. The molecule has 0 heterocycles. The molecule has 0 aliphatic heterocycles. The molecule has 0 fully saturated rings. The van der Waals surface area contributed by atoms with Gasteiger partial charge in [-0.05, 0) is 82.6 Å². The SMILES string of the molecule is Nc1ccc2cc(S(=O)(=O)O)c(N=Nc3ccc(-c4ccc(N=Nc5c(S(=O)(=O)O)cc6cc(S(=O)(=O)O)cc(N)c6c5O)cc4)cc3)c(O)c2c1.[Na]. The van der Waals surface area contributed by atoms with Crippen LogP contribution in [0.25, 0.3) is 32.7 Å². The number of nitrogen functional groups attached to an aromatic ring is 2. The second-order valence-corrected chi connectivity index (χ2v) is 15.4. The molecule has 0 saturated carbocycles. The zero-order chi connectivity index (χ0) is 37.7. The molecule has 0 saturated heterocycles. The van der Waals surface area contributed by atoms with Gasteiger partial charge in [0.15, 0.2) is 11.5 Å². The topological polar surface area (TPSA) is 305 Å². The van der Waals surface area contributed by atoms with Crippen molar-refractivity contribution in [2.75, 3.05) is 11.5 Å². The van der Waals surface area contributed by atoms with Crippen molar-refractivity contribution >= 4 is 116 Å². The van der Waals surface area contributed by atoms with Crippen LogP contribution in [0.4, 0.5) is 34.1 Å². The standard InChI is InChI=1S/C32H24N6O11S3.Na/c33-20-6-1-18-12-26(51(44,45)46)29(31(39)24(18)14-20)37-35-21-7-2-16(3-8-21)17-4-9-22(10-5-17)36-38-30-27(52(47,48)49)13-19-11-23(50(41,42)43)15-25(34)28(19)32(30)40;/h1-15,39-40H,33-34H2,(H,41,42,43)(H,44,45,46)(H,47,48,49);. The Morgan fingerprint density at radius 2 is 0.981 bits per heavy atom. The molecule has 0 atom stereocenters. The second kappa shape index (κ2) is 14.4. The summed E-state index contributed by atoms with van der Waals surface area (Å²) >= 11 is 0. The van der Waals surface area contributed by atoms with Gasteiger partial charge in [0.05, 0.1) is 16.3 Å². The molecule has 9 N–H and O–H groups in total. The van der Waals surface area contributed by atoms with Crippen molar-refractivity contribution < 1.29 is 49.1 Å². The van der Waals surface area contributed by atoms with Crippen molar-refractivity contribution in [2.45, 2.75) is 14.7 Å². The summed E-state index contributed by atoms with van der Waals surface area (Å²) in [6.07, 6.45) is 0. The third-order valence-corrected chi connectivity index (χ3v) is 10.2. The third-order valence-electron chi connectivity index (χ3n) is 7.68. The van der Waals surface area contributed by atoms with E-state index in [4.69, 9.17) is 11.5 Å². The van der Waals surface area contributed by atoms with E-state index in [0.29, 0.717) is 22.2 Å². The molecular weight excluding hydrogens is 764 g/mol. The van der Waals surface area contributed by atoms with Crippen LogP contribution in [0.5, 0.6) is 11.5 Å². The molecule has 6 aromatic carbocycles. The number of phenols is 2. The van der Waals surface area contributed by atoms with Gasteiger partial charge in [-0.2, -0.15) is 35.5 Å². The summed E-state index contributed by atoms with van der Waals surface area (Å²) in [7, 11) is -14.6. The number of phenolic OH excluding ortho intramolecular Hbond substituents is 2. The van der Waals surface area contributed by atoms with E-state index in [1.54, 1.807) is 36.4 Å². The second-order valence-electron chi connectivity index (χ2n) is 11.2. The Kier molecular flexibility index (Phi) is 10.7. The number of rotatable bonds is 8. The first-order valence-corrected chi connectivity index (χ1v) is 18.7. The van der Waals surface area contributed by atoms with Crippen LogP contribution in [0.1, 0.15) is 0 Å². The van der Waals surface area contributed by atoms with Gasteiger partial charge in [0.1, 0.15) is 21.2 Å². The molecule has 0 aliphatic carbocycles. The predicted octanol–water partition coefficient (Wildman–Crippen LogP) is 6.43. The van der Waals surface area contributed by atoms with Gasteiger partial charge >= 0.3 is 0 Å². The zero-order valence-electron chi connectivity index (χ0n) is 27.0. The van der Waals surface area contributed by atoms with E-state index in [2.05, 4.69) is 20.5 Å². The maximum atomic E-state index is 12.2. The van der Waals surface area contributed by atoms with Crippen LogP contribution in [0, 0.1) is 0 Å². The summed E-state index contributed by atoms with van der Waals surface area (Å²) in [6.45, 7) is 0. The van der Waals surface area contributed by atoms with E-state index >= 15 is 0 Å². The molecule has 6 rings (SSSR count). The minimum atomic E-state index is -5.04. The summed E-state index contributed by atoms with van der Waals surface area (Å²) in [6, 6.07) is 20.8. The third kappa shape index (κ3) is 8.15. The monoisotopic (exact) mass is 787 g/mol. The summed E-state index contributed by atoms with van der Waals surface area (Å²) in [5.74, 6) is -1.37. The molecule has 6 aromatic rings. The van der Waals surface area contributed by atoms with Crippen molar-refractivity contribution in [3.63, 3.8) is 0 Å². The van der Waals surface area contributed by atoms with E-state index in [9.17, 15) is 49.1 Å². The summed E-state index contributed by atoms with van der Waals surface area (Å²) < 4.78 is 101. The van der Waals surface area contributed by atoms with Crippen molar-refractivity contribution in [1.82, 2.24) is 0 Å². The summed E-state index contributed by atoms with van der Waals surface area (Å²) in [5, 5.41) is 37.4. The van der Waals surface area contributed by atoms with E-state index in [1.807, 2.05) is 0 Å². The van der Waals surface area contributed by atoms with Crippen LogP contribution in [0.2, 0.25) is 0 Å². The van der Waals surface area contributed by atoms with Crippen molar-refractivity contribution in [3.05, 3.63) is 91.0 Å². The number of fused-ring (bicyclic) bond motifs is 2. The Morgan fingerprint density at radius 1 is 0.509 bits per heavy atom. The van der Waals surface area contributed by atoms with Gasteiger partial charge < -0.3 is 21.7 Å². The Hall–Kier alpha value is -5.03. The van der Waals surface area contributed by atoms with Crippen LogP contribution in [0.15, 0.2) is 126 Å². The maximum Gasteiger partial charge on any atom is 0.296 e. The molecule has 0 amide bonds. The molecule has 0 spiro atoms. The van der Waals surface area contributed by atoms with E-state index < -0.39 is 67.9 Å². The van der Waals surface area contributed by atoms with Crippen LogP contribution in [0.3, 0.4) is 0 Å². The van der Waals surface area contributed by atoms with Gasteiger partial charge in [-0.15, -0.1) is 10.2 Å². The molecule has 267 valence electrons. The Bertz CT molecular complexity index is 2850. The number of hydrogen-bond donors (Lipinski definition) is 7. The normalized spacial score (nSPS) is 12.5. The van der Waals surface area contributed by atoms with E-state index in [-0.39, 0.29) is 62.8 Å². The van der Waals surface area contributed by atoms with Gasteiger partial charge in [0.2, 0.25) is 0 Å². The van der Waals surface area contributed by atoms with Crippen LogP contribution in [-0.2, 0) is 30.4 Å². The Morgan fingerprint density at radius 3 is 1.45 bits per heavy atom. The number of aromatic hydroxyl groups is 2. The molecule has 0 bridgehead atoms. The molecular formula is C32H24N6NaO11S3. The summed E-state index contributed by atoms with van der Waals surface area (Å²) in [5.41, 5.74) is 12.3. The molecule has 0 aliphatic rings. The summed E-state index contributed by atoms with van der Waals surface area (Å²) in [4.78, 5) is -2.23. The van der Waals surface area contributed by atoms with Crippen molar-refractivity contribution in [2.24, 2.45) is 20.5 Å². The molecule has 0 aromatic heterocycles. The smallest absolute Gasteiger partial charge is 0.296 e. The van der Waals surface area contributed by atoms with E-state index in [1.165, 1.54) is 30.3 Å². The van der Waals surface area contributed by atoms with E-state index in [0.717, 1.165) is 24.3 Å². The fraction of sp³-hybridized carbons (Fsp3) is 0. The maximum absolute atomic E-state index is 12.2. The minimum Gasteiger partial charge on any atom is -0.505 e. The van der Waals surface area contributed by atoms with Gasteiger partial charge in [-0.3, -0.25) is 13.7 Å². The number of benzene rings is 6. The number of hydrogen-bond acceptors (Lipinski definition) is 14. The van der Waals surface area contributed by atoms with Crippen LogP contribution in [-0.4, -0.2) is 78.7 Å². The molecule has 17 nitrogen and oxygen atoms in total. The molecule has 0 unspecified atom stereocenters. The average Bonchev–Trinajstić information content (AvgIpc) is 3.06. The molecule has 53 heavy (non-hydrogen) atoms. The van der Waals surface area contributed by atoms with Gasteiger partial charge in [-0.1, -0.05) is 30.3 Å². The average molecular weight is 788 g/mol. The predicted molar refractivity (Wildman–Crippen MR) is 195 cm³/mol. The Balaban J connectivity index is 0.00000541. The van der Waals surface area contributed by atoms with Crippen LogP contribution < -0.4 is 11.5 Å². The van der Waals surface area contributed by atoms with Gasteiger partial charge in [-0.25, -0.2) is 0 Å². The number of anilines is 2. The van der Waals surface area contributed by atoms with Gasteiger partial charge in [0.25, 0.3) is 30.4 Å². The molecule has 21 heteroatoms. The number of nitrogens with two attached hydrogens (primary N) is 2. The number of azo groups is 2. The number of nitrogens with zero attached hydrogens (tertiary/aromatic N) is 4. The first-order valence-electron chi connectivity index (χ1n) is 14.4. The van der Waals surface area contributed by atoms with Gasteiger partial charge in [0, 0.05) is 51.7 Å². The fourth-order valence-corrected chi connectivity index (χ4v) is 7.11. The molecule has 1 radical (unpaired) electrons. The first kappa shape index (κ1) is 39.2. The Labute approximate surface area is 322 Å². The van der Waals surface area contributed by atoms with Crippen molar-refractivity contribution in [3.8, 4) is 22.6 Å². The quantitative estimate of drug-likeness (QED) is 0.0379. The fourth-order valence-electron chi connectivity index (χ4n) is 5.24. The van der Waals surface area contributed by atoms with Crippen molar-refractivity contribution in [1.29, 1.82) is 0 Å². The zero-order valence-corrected chi connectivity index (χ0v) is 31.5. The minimum absolute atomic E-state index is 0. The van der Waals surface area contributed by atoms with Crippen LogP contribution >= 0.6 is 0 Å². The first-order chi connectivity index (χ1) is 24.3.